The molecule has 0 radical (unpaired) electrons. The molecule has 0 unspecified atom stereocenters. The second-order valence-corrected chi connectivity index (χ2v) is 8.79. The number of hydrogen-bond donors (Lipinski definition) is 0. The first-order chi connectivity index (χ1) is 17.4. The molecule has 0 bridgehead atoms. The van der Waals surface area contributed by atoms with E-state index >= 15 is 0 Å². The van der Waals surface area contributed by atoms with Gasteiger partial charge in [-0.2, -0.15) is 0 Å². The molecule has 5 nitrogen and oxygen atoms in total. The maximum atomic E-state index is 12.7. The fourth-order valence-electron chi connectivity index (χ4n) is 4.68. The first kappa shape index (κ1) is 29.2. The van der Waals surface area contributed by atoms with Crippen LogP contribution in [0.1, 0.15) is 95.3 Å². The van der Waals surface area contributed by atoms with Gasteiger partial charge in [0.1, 0.15) is 0 Å². The van der Waals surface area contributed by atoms with Gasteiger partial charge in [-0.05, 0) is 55.0 Å². The molecule has 4 rings (SSSR count). The van der Waals surface area contributed by atoms with E-state index in [1.165, 1.54) is 38.2 Å². The minimum Gasteiger partial charge on any atom is -0.466 e. The van der Waals surface area contributed by atoms with Crippen LogP contribution >= 0.6 is 0 Å². The Morgan fingerprint density at radius 1 is 0.889 bits per heavy atom. The average molecular weight is 494 g/mol. The first-order valence-corrected chi connectivity index (χ1v) is 13.4. The number of unbranched alkanes of at least 4 members (excludes halogenated alkanes) is 1. The van der Waals surface area contributed by atoms with E-state index in [1.807, 2.05) is 39.0 Å². The first-order valence-electron chi connectivity index (χ1n) is 13.4. The van der Waals surface area contributed by atoms with Crippen molar-refractivity contribution in [3.05, 3.63) is 63.9 Å². The third kappa shape index (κ3) is 5.83. The van der Waals surface area contributed by atoms with Crippen molar-refractivity contribution in [1.29, 1.82) is 0 Å². The Morgan fingerprint density at radius 3 is 2.06 bits per heavy atom. The van der Waals surface area contributed by atoms with Gasteiger partial charge in [0.2, 0.25) is 0 Å². The molecule has 2 aromatic rings. The van der Waals surface area contributed by atoms with Crippen molar-refractivity contribution < 1.29 is 19.1 Å². The van der Waals surface area contributed by atoms with Crippen molar-refractivity contribution in [2.45, 2.75) is 86.6 Å². The summed E-state index contributed by atoms with van der Waals surface area (Å²) in [5.41, 5.74) is 7.78. The molecule has 0 saturated carbocycles. The van der Waals surface area contributed by atoms with Crippen LogP contribution in [0.2, 0.25) is 0 Å². The van der Waals surface area contributed by atoms with Crippen LogP contribution in [0.5, 0.6) is 0 Å². The van der Waals surface area contributed by atoms with E-state index in [0.29, 0.717) is 17.7 Å². The van der Waals surface area contributed by atoms with Crippen LogP contribution in [-0.4, -0.2) is 30.7 Å². The topological polar surface area (TPSA) is 57.5 Å². The van der Waals surface area contributed by atoms with Gasteiger partial charge in [-0.15, -0.1) is 0 Å². The van der Waals surface area contributed by atoms with E-state index in [1.54, 1.807) is 0 Å². The lowest BCUT2D eigenvalue weighted by atomic mass is 9.87. The number of allylic oxidation sites excluding steroid dienone is 5. The number of fused-ring (bicyclic) bond motifs is 5. The van der Waals surface area contributed by atoms with E-state index in [2.05, 4.69) is 37.5 Å². The number of esters is 2. The minimum absolute atomic E-state index is 0.311. The number of aromatic nitrogens is 1. The second-order valence-electron chi connectivity index (χ2n) is 8.79. The summed E-state index contributed by atoms with van der Waals surface area (Å²) in [5, 5.41) is 1.12. The molecule has 0 atom stereocenters. The molecule has 1 aromatic heterocycles. The maximum absolute atomic E-state index is 12.7. The average Bonchev–Trinajstić information content (AvgIpc) is 3.16. The number of carbonyl (C=O) groups excluding carboxylic acids is 2. The summed E-state index contributed by atoms with van der Waals surface area (Å²) in [6.45, 7) is 12.9. The van der Waals surface area contributed by atoms with E-state index in [9.17, 15) is 9.59 Å². The summed E-state index contributed by atoms with van der Waals surface area (Å²) in [6, 6.07) is 5.71. The number of rotatable bonds is 5. The van der Waals surface area contributed by atoms with Gasteiger partial charge in [-0.3, -0.25) is 0 Å². The molecule has 1 aliphatic carbocycles. The molecule has 1 aromatic carbocycles. The standard InChI is InChI=1S/C25H27NO4.C4H10.C2H6/c1-5-8-19-18-12-11-16(24(27)29-3)13-22(18)26-14-21(25(28)30-4)15(2)17-9-6-7-10-20(17)23(19)26;1-3-4-2;1-2/h9-13H,5-8,14H2,1-4H3;3-4H2,1-2H3;1-2H3. The zero-order chi connectivity index (χ0) is 26.8. The Morgan fingerprint density at radius 2 is 1.50 bits per heavy atom. The fraction of sp³-hybridized carbons (Fsp3) is 0.484. The summed E-state index contributed by atoms with van der Waals surface area (Å²) in [4.78, 5) is 24.9. The molecular formula is C31H43NO4. The third-order valence-corrected chi connectivity index (χ3v) is 6.60. The van der Waals surface area contributed by atoms with Gasteiger partial charge in [-0.1, -0.05) is 72.1 Å². The van der Waals surface area contributed by atoms with Gasteiger partial charge in [-0.25, -0.2) is 9.59 Å². The van der Waals surface area contributed by atoms with E-state index in [4.69, 9.17) is 9.47 Å². The van der Waals surface area contributed by atoms with Crippen LogP contribution in [0.3, 0.4) is 0 Å². The number of carbonyl (C=O) groups is 2. The van der Waals surface area contributed by atoms with Crippen molar-refractivity contribution in [2.24, 2.45) is 0 Å². The van der Waals surface area contributed by atoms with Crippen molar-refractivity contribution in [3.8, 4) is 0 Å². The summed E-state index contributed by atoms with van der Waals surface area (Å²) >= 11 is 0. The maximum Gasteiger partial charge on any atom is 0.337 e. The van der Waals surface area contributed by atoms with Crippen molar-refractivity contribution in [1.82, 2.24) is 4.57 Å². The quantitative estimate of drug-likeness (QED) is 0.398. The number of aryl methyl sites for hydroxylation is 1. The predicted molar refractivity (Wildman–Crippen MR) is 149 cm³/mol. The van der Waals surface area contributed by atoms with Crippen molar-refractivity contribution in [3.63, 3.8) is 0 Å². The smallest absolute Gasteiger partial charge is 0.337 e. The molecule has 0 saturated heterocycles. The SMILES string of the molecule is CC.CCCC.CCCc1c2n(c3cc(C(=O)OC)ccc13)CC(C(=O)OC)=C(C)C1=CCCC=C12. The lowest BCUT2D eigenvalue weighted by Crippen LogP contribution is -2.13. The molecule has 2 aliphatic rings. The molecule has 196 valence electrons. The zero-order valence-corrected chi connectivity index (χ0v) is 23.4. The Bertz CT molecular complexity index is 1170. The number of methoxy groups -OCH3 is 2. The highest BCUT2D eigenvalue weighted by atomic mass is 16.5. The summed E-state index contributed by atoms with van der Waals surface area (Å²) in [5.74, 6) is -0.676. The molecule has 2 heterocycles. The van der Waals surface area contributed by atoms with Gasteiger partial charge in [0.25, 0.3) is 0 Å². The number of benzene rings is 1. The zero-order valence-electron chi connectivity index (χ0n) is 23.4. The Labute approximate surface area is 216 Å². The molecule has 0 amide bonds. The largest absolute Gasteiger partial charge is 0.466 e. The molecule has 0 spiro atoms. The van der Waals surface area contributed by atoms with Crippen molar-refractivity contribution in [2.75, 3.05) is 14.2 Å². The Hall–Kier alpha value is -3.08. The fourth-order valence-corrected chi connectivity index (χ4v) is 4.68. The van der Waals surface area contributed by atoms with Gasteiger partial charge < -0.3 is 14.0 Å². The molecule has 1 aliphatic heterocycles. The summed E-state index contributed by atoms with van der Waals surface area (Å²) < 4.78 is 12.2. The number of hydrogen-bond acceptors (Lipinski definition) is 4. The van der Waals surface area contributed by atoms with Gasteiger partial charge in [0.05, 0.1) is 37.6 Å². The molecule has 0 N–H and O–H groups in total. The second kappa shape index (κ2) is 13.9. The van der Waals surface area contributed by atoms with Crippen LogP contribution in [-0.2, 0) is 27.2 Å². The van der Waals surface area contributed by atoms with Gasteiger partial charge >= 0.3 is 11.9 Å². The van der Waals surface area contributed by atoms with Crippen LogP contribution < -0.4 is 0 Å². The third-order valence-electron chi connectivity index (χ3n) is 6.60. The molecule has 36 heavy (non-hydrogen) atoms. The monoisotopic (exact) mass is 493 g/mol. The predicted octanol–water partition coefficient (Wildman–Crippen LogP) is 7.82. The van der Waals surface area contributed by atoms with Crippen LogP contribution in [0.4, 0.5) is 0 Å². The number of nitrogens with zero attached hydrogens (tertiary/aromatic N) is 1. The van der Waals surface area contributed by atoms with Gasteiger partial charge in [0.15, 0.2) is 0 Å². The van der Waals surface area contributed by atoms with E-state index in [0.717, 1.165) is 53.4 Å². The highest BCUT2D eigenvalue weighted by Crippen LogP contribution is 2.43. The highest BCUT2D eigenvalue weighted by Gasteiger charge is 2.30. The Kier molecular flexibility index (Phi) is 11.2. The van der Waals surface area contributed by atoms with E-state index < -0.39 is 0 Å². The summed E-state index contributed by atoms with van der Waals surface area (Å²) in [6.07, 6.45) is 11.0. The molecule has 0 fully saturated rings. The normalized spacial score (nSPS) is 14.1. The molecule has 5 heteroatoms. The summed E-state index contributed by atoms with van der Waals surface area (Å²) in [7, 11) is 2.81. The highest BCUT2D eigenvalue weighted by molar-refractivity contribution is 6.02. The van der Waals surface area contributed by atoms with Crippen LogP contribution in [0, 0.1) is 0 Å². The number of ether oxygens (including phenoxy) is 2. The van der Waals surface area contributed by atoms with Crippen molar-refractivity contribution >= 4 is 28.4 Å². The van der Waals surface area contributed by atoms with Crippen LogP contribution in [0.15, 0.2) is 47.1 Å². The lowest BCUT2D eigenvalue weighted by molar-refractivity contribution is -0.136. The van der Waals surface area contributed by atoms with Crippen LogP contribution in [0.25, 0.3) is 16.5 Å². The van der Waals surface area contributed by atoms with E-state index in [-0.39, 0.29) is 11.9 Å². The minimum atomic E-state index is -0.365. The Balaban J connectivity index is 0.000000694. The lowest BCUT2D eigenvalue weighted by Gasteiger charge is -2.18. The van der Waals surface area contributed by atoms with Gasteiger partial charge in [0, 0.05) is 16.5 Å². The molecular weight excluding hydrogens is 450 g/mol.